The van der Waals surface area contributed by atoms with E-state index in [-0.39, 0.29) is 30.2 Å². The Morgan fingerprint density at radius 3 is 2.73 bits per heavy atom. The van der Waals surface area contributed by atoms with Crippen LogP contribution >= 0.6 is 11.3 Å². The van der Waals surface area contributed by atoms with Crippen LogP contribution in [0.25, 0.3) is 5.57 Å². The monoisotopic (exact) mass is 383 g/mol. The van der Waals surface area contributed by atoms with Crippen LogP contribution < -0.4 is 10.1 Å². The zero-order valence-electron chi connectivity index (χ0n) is 14.1. The Morgan fingerprint density at radius 2 is 2.15 bits per heavy atom. The molecule has 0 saturated heterocycles. The molecule has 0 aliphatic heterocycles. The van der Waals surface area contributed by atoms with E-state index in [2.05, 4.69) is 10.3 Å². The molecule has 0 radical (unpaired) electrons. The molecule has 0 aliphatic carbocycles. The average molecular weight is 383 g/mol. The van der Waals surface area contributed by atoms with E-state index >= 15 is 0 Å². The summed E-state index contributed by atoms with van der Waals surface area (Å²) in [5.74, 6) is 0.221. The number of nitrogens with one attached hydrogen (secondary N) is 1. The molecular formula is C17H16F3N3O2S. The average Bonchev–Trinajstić information content (AvgIpc) is 3.02. The number of ether oxygens (including phenoxy) is 2. The van der Waals surface area contributed by atoms with Crippen molar-refractivity contribution in [1.82, 2.24) is 4.98 Å². The van der Waals surface area contributed by atoms with Crippen LogP contribution in [0.4, 0.5) is 18.9 Å². The molecule has 9 heteroatoms. The molecule has 1 aromatic carbocycles. The molecule has 1 heterocycles. The van der Waals surface area contributed by atoms with Crippen molar-refractivity contribution in [3.63, 3.8) is 0 Å². The van der Waals surface area contributed by atoms with Crippen molar-refractivity contribution in [3.05, 3.63) is 46.0 Å². The number of nitrogens with zero attached hydrogens (tertiary/aromatic N) is 2. The summed E-state index contributed by atoms with van der Waals surface area (Å²) in [6, 6.07) is 5.08. The van der Waals surface area contributed by atoms with Gasteiger partial charge in [-0.25, -0.2) is 4.98 Å². The lowest BCUT2D eigenvalue weighted by Gasteiger charge is -2.14. The van der Waals surface area contributed by atoms with E-state index in [1.807, 2.05) is 6.07 Å². The first-order valence-electron chi connectivity index (χ1n) is 7.47. The number of alkyl halides is 3. The second-order valence-electron chi connectivity index (χ2n) is 5.16. The van der Waals surface area contributed by atoms with Crippen LogP contribution in [0.2, 0.25) is 0 Å². The van der Waals surface area contributed by atoms with E-state index in [1.54, 1.807) is 12.3 Å². The van der Waals surface area contributed by atoms with Crippen LogP contribution in [0.1, 0.15) is 16.3 Å². The van der Waals surface area contributed by atoms with E-state index in [0.29, 0.717) is 5.01 Å². The van der Waals surface area contributed by atoms with Gasteiger partial charge in [-0.15, -0.1) is 11.3 Å². The van der Waals surface area contributed by atoms with Gasteiger partial charge in [0.15, 0.2) is 0 Å². The van der Waals surface area contributed by atoms with Crippen molar-refractivity contribution in [3.8, 4) is 11.8 Å². The molecule has 0 aliphatic rings. The molecular weight excluding hydrogens is 367 g/mol. The third-order valence-corrected chi connectivity index (χ3v) is 4.19. The molecule has 1 aromatic heterocycles. The van der Waals surface area contributed by atoms with Crippen molar-refractivity contribution in [2.45, 2.75) is 13.1 Å². The largest absolute Gasteiger partial charge is 0.489 e. The summed E-state index contributed by atoms with van der Waals surface area (Å²) in [5.41, 5.74) is 0.241. The first-order chi connectivity index (χ1) is 12.3. The van der Waals surface area contributed by atoms with E-state index < -0.39 is 11.7 Å². The number of allylic oxidation sites excluding steroid dienone is 1. The molecule has 5 nitrogen and oxygen atoms in total. The number of aryl methyl sites for hydroxylation is 1. The van der Waals surface area contributed by atoms with Gasteiger partial charge in [0.2, 0.25) is 0 Å². The third kappa shape index (κ3) is 5.21. The highest BCUT2D eigenvalue weighted by Gasteiger charge is 2.31. The molecule has 1 N–H and O–H groups in total. The fourth-order valence-corrected chi connectivity index (χ4v) is 2.71. The molecule has 26 heavy (non-hydrogen) atoms. The molecule has 0 bridgehead atoms. The Balaban J connectivity index is 2.31. The maximum absolute atomic E-state index is 13.0. The van der Waals surface area contributed by atoms with Gasteiger partial charge in [0.1, 0.15) is 29.0 Å². The highest BCUT2D eigenvalue weighted by molar-refractivity contribution is 7.10. The van der Waals surface area contributed by atoms with Gasteiger partial charge in [0.05, 0.1) is 17.9 Å². The summed E-state index contributed by atoms with van der Waals surface area (Å²) in [6.45, 7) is 2.26. The molecule has 0 amide bonds. The predicted molar refractivity (Wildman–Crippen MR) is 92.9 cm³/mol. The van der Waals surface area contributed by atoms with E-state index in [0.717, 1.165) is 17.8 Å². The van der Waals surface area contributed by atoms with Crippen molar-refractivity contribution < 1.29 is 22.6 Å². The number of hydrogen-bond donors (Lipinski definition) is 1. The Hall–Kier alpha value is -2.57. The van der Waals surface area contributed by atoms with Gasteiger partial charge < -0.3 is 14.8 Å². The summed E-state index contributed by atoms with van der Waals surface area (Å²) in [6.07, 6.45) is -3.17. The van der Waals surface area contributed by atoms with Gasteiger partial charge in [-0.3, -0.25) is 0 Å². The molecule has 0 unspecified atom stereocenters. The summed E-state index contributed by atoms with van der Waals surface area (Å²) in [5, 5.41) is 14.3. The van der Waals surface area contributed by atoms with Crippen LogP contribution in [0, 0.1) is 18.3 Å². The zero-order chi connectivity index (χ0) is 19.2. The zero-order valence-corrected chi connectivity index (χ0v) is 14.9. The van der Waals surface area contributed by atoms with Crippen LogP contribution in [0.5, 0.6) is 5.75 Å². The summed E-state index contributed by atoms with van der Waals surface area (Å²) < 4.78 is 49.2. The quantitative estimate of drug-likeness (QED) is 0.564. The smallest absolute Gasteiger partial charge is 0.416 e. The molecule has 0 spiro atoms. The van der Waals surface area contributed by atoms with E-state index in [1.165, 1.54) is 30.7 Å². The lowest BCUT2D eigenvalue weighted by atomic mass is 10.1. The molecule has 2 rings (SSSR count). The molecule has 0 atom stereocenters. The fourth-order valence-electron chi connectivity index (χ4n) is 1.95. The fraction of sp³-hybridized carbons (Fsp3) is 0.294. The number of benzene rings is 1. The summed E-state index contributed by atoms with van der Waals surface area (Å²) in [4.78, 5) is 4.19. The Morgan fingerprint density at radius 1 is 1.38 bits per heavy atom. The molecule has 0 saturated carbocycles. The first kappa shape index (κ1) is 19.8. The summed E-state index contributed by atoms with van der Waals surface area (Å²) in [7, 11) is 1.49. The highest BCUT2D eigenvalue weighted by atomic mass is 32.1. The SMILES string of the molecule is COCCOc1ccc(C(F)(F)F)cc1N/C=C(\C#N)c1nc(C)cs1. The van der Waals surface area contributed by atoms with Gasteiger partial charge in [-0.1, -0.05) is 0 Å². The van der Waals surface area contributed by atoms with Crippen molar-refractivity contribution >= 4 is 22.6 Å². The lowest BCUT2D eigenvalue weighted by molar-refractivity contribution is -0.137. The second-order valence-corrected chi connectivity index (χ2v) is 6.02. The topological polar surface area (TPSA) is 67.2 Å². The highest BCUT2D eigenvalue weighted by Crippen LogP contribution is 2.35. The number of nitriles is 1. The maximum Gasteiger partial charge on any atom is 0.416 e. The Labute approximate surface area is 152 Å². The van der Waals surface area contributed by atoms with E-state index in [4.69, 9.17) is 9.47 Å². The van der Waals surface area contributed by atoms with Crippen molar-refractivity contribution in [1.29, 1.82) is 5.26 Å². The minimum absolute atomic E-state index is 0.0944. The normalized spacial score (nSPS) is 11.9. The lowest BCUT2D eigenvalue weighted by Crippen LogP contribution is -2.09. The number of anilines is 1. The Bertz CT molecular complexity index is 825. The van der Waals surface area contributed by atoms with Gasteiger partial charge in [0, 0.05) is 24.4 Å². The number of thiazole rings is 1. The van der Waals surface area contributed by atoms with Gasteiger partial charge in [-0.05, 0) is 25.1 Å². The predicted octanol–water partition coefficient (Wildman–Crippen LogP) is 4.47. The van der Waals surface area contributed by atoms with Crippen molar-refractivity contribution in [2.24, 2.45) is 0 Å². The summed E-state index contributed by atoms with van der Waals surface area (Å²) >= 11 is 1.28. The minimum Gasteiger partial charge on any atom is -0.489 e. The van der Waals surface area contributed by atoms with Gasteiger partial charge >= 0.3 is 6.18 Å². The number of methoxy groups -OCH3 is 1. The second kappa shape index (κ2) is 8.69. The van der Waals surface area contributed by atoms with E-state index in [9.17, 15) is 18.4 Å². The first-order valence-corrected chi connectivity index (χ1v) is 8.35. The van der Waals surface area contributed by atoms with Crippen LogP contribution in [-0.4, -0.2) is 25.3 Å². The van der Waals surface area contributed by atoms with Gasteiger partial charge in [0.25, 0.3) is 0 Å². The Kier molecular flexibility index (Phi) is 6.60. The molecule has 2 aromatic rings. The standard InChI is InChI=1S/C17H16F3N3O2S/c1-11-10-26-16(23-11)12(8-21)9-22-14-7-13(17(18,19)20)3-4-15(14)25-6-5-24-2/h3-4,7,9-10,22H,5-6H2,1-2H3/b12-9+. The number of hydrogen-bond acceptors (Lipinski definition) is 6. The third-order valence-electron chi connectivity index (χ3n) is 3.19. The van der Waals surface area contributed by atoms with Crippen molar-refractivity contribution in [2.75, 3.05) is 25.6 Å². The molecule has 0 fully saturated rings. The maximum atomic E-state index is 13.0. The van der Waals surface area contributed by atoms with Crippen LogP contribution in [0.15, 0.2) is 29.8 Å². The molecule has 138 valence electrons. The van der Waals surface area contributed by atoms with Gasteiger partial charge in [-0.2, -0.15) is 18.4 Å². The van der Waals surface area contributed by atoms with Crippen LogP contribution in [0.3, 0.4) is 0 Å². The number of halogens is 3. The van der Waals surface area contributed by atoms with Crippen LogP contribution in [-0.2, 0) is 10.9 Å². The minimum atomic E-state index is -4.49. The number of rotatable bonds is 7. The number of aromatic nitrogens is 1.